The maximum atomic E-state index is 12.6. The van der Waals surface area contributed by atoms with E-state index in [2.05, 4.69) is 0 Å². The smallest absolute Gasteiger partial charge is 0.130 e. The predicted octanol–water partition coefficient (Wildman–Crippen LogP) is 3.29. The van der Waals surface area contributed by atoms with Crippen molar-refractivity contribution in [3.63, 3.8) is 0 Å². The minimum atomic E-state index is -0.228. The summed E-state index contributed by atoms with van der Waals surface area (Å²) in [5.74, 6) is -0.0410. The topological polar surface area (TPSA) is 17.1 Å². The number of carbonyl (C=O) groups excluding carboxylic acids is 1. The Morgan fingerprint density at radius 2 is 2.00 bits per heavy atom. The Bertz CT molecular complexity index is 308. The number of benzene rings is 1. The lowest BCUT2D eigenvalue weighted by molar-refractivity contribution is -0.116. The van der Waals surface area contributed by atoms with Gasteiger partial charge >= 0.3 is 0 Å². The Kier molecular flexibility index (Phi) is 4.14. The molecule has 1 aromatic carbocycles. The van der Waals surface area contributed by atoms with Crippen molar-refractivity contribution in [2.45, 2.75) is 30.4 Å². The summed E-state index contributed by atoms with van der Waals surface area (Å²) in [5.41, 5.74) is 0. The van der Waals surface area contributed by atoms with Crippen LogP contribution < -0.4 is 0 Å². The molecule has 0 aromatic heterocycles. The number of hydrogen-bond acceptors (Lipinski definition) is 2. The number of hydrogen-bond donors (Lipinski definition) is 0. The first-order chi connectivity index (χ1) is 6.58. The Balaban J connectivity index is 2.51. The van der Waals surface area contributed by atoms with Crippen LogP contribution in [0.25, 0.3) is 0 Å². The number of thioether (sulfide) groups is 1. The van der Waals surface area contributed by atoms with Crippen molar-refractivity contribution in [2.75, 3.05) is 0 Å². The minimum absolute atomic E-state index is 0.187. The Hall–Kier alpha value is -0.830. The van der Waals surface area contributed by atoms with Gasteiger partial charge in [0.1, 0.15) is 11.6 Å². The van der Waals surface area contributed by atoms with Gasteiger partial charge in [0.15, 0.2) is 0 Å². The molecule has 0 aliphatic carbocycles. The molecule has 3 heteroatoms. The van der Waals surface area contributed by atoms with E-state index in [-0.39, 0.29) is 16.9 Å². The molecule has 0 heterocycles. The van der Waals surface area contributed by atoms with E-state index in [0.717, 1.165) is 4.90 Å². The zero-order valence-corrected chi connectivity index (χ0v) is 9.10. The molecule has 0 aliphatic rings. The van der Waals surface area contributed by atoms with Crippen LogP contribution in [0.3, 0.4) is 0 Å². The molecular weight excluding hydrogens is 199 g/mol. The van der Waals surface area contributed by atoms with Crippen molar-refractivity contribution in [3.8, 4) is 0 Å². The van der Waals surface area contributed by atoms with Gasteiger partial charge in [-0.25, -0.2) is 4.39 Å². The summed E-state index contributed by atoms with van der Waals surface area (Å²) < 4.78 is 12.6. The largest absolute Gasteiger partial charge is 0.300 e. The molecule has 14 heavy (non-hydrogen) atoms. The first kappa shape index (κ1) is 11.2. The molecule has 0 bridgehead atoms. The molecule has 1 atom stereocenters. The second-order valence-electron chi connectivity index (χ2n) is 3.29. The molecule has 0 amide bonds. The predicted molar refractivity (Wildman–Crippen MR) is 57.0 cm³/mol. The fourth-order valence-corrected chi connectivity index (χ4v) is 2.27. The molecule has 0 spiro atoms. The third-order valence-corrected chi connectivity index (χ3v) is 2.84. The van der Waals surface area contributed by atoms with Gasteiger partial charge in [-0.15, -0.1) is 11.8 Å². The summed E-state index contributed by atoms with van der Waals surface area (Å²) in [6.45, 7) is 3.58. The van der Waals surface area contributed by atoms with E-state index in [0.29, 0.717) is 6.42 Å². The van der Waals surface area contributed by atoms with Gasteiger partial charge in [0.05, 0.1) is 0 Å². The van der Waals surface area contributed by atoms with Crippen LogP contribution in [-0.2, 0) is 4.79 Å². The first-order valence-electron chi connectivity index (χ1n) is 4.49. The number of Topliss-reactive ketones (excluding diaryl/α,β-unsaturated/α-hetero) is 1. The summed E-state index contributed by atoms with van der Waals surface area (Å²) in [7, 11) is 0. The molecule has 0 fully saturated rings. The van der Waals surface area contributed by atoms with Gasteiger partial charge in [-0.2, -0.15) is 0 Å². The van der Waals surface area contributed by atoms with Gasteiger partial charge in [-0.05, 0) is 31.2 Å². The van der Waals surface area contributed by atoms with Gasteiger partial charge in [0.25, 0.3) is 0 Å². The SMILES string of the molecule is CC(=O)CC(C)Sc1ccc(F)cc1. The van der Waals surface area contributed by atoms with E-state index in [1.54, 1.807) is 30.8 Å². The van der Waals surface area contributed by atoms with Crippen LogP contribution in [-0.4, -0.2) is 11.0 Å². The van der Waals surface area contributed by atoms with Crippen molar-refractivity contribution in [1.82, 2.24) is 0 Å². The number of halogens is 1. The highest BCUT2D eigenvalue weighted by Crippen LogP contribution is 2.25. The summed E-state index contributed by atoms with van der Waals surface area (Å²) in [4.78, 5) is 11.8. The van der Waals surface area contributed by atoms with E-state index in [4.69, 9.17) is 0 Å². The van der Waals surface area contributed by atoms with Crippen LogP contribution in [0.5, 0.6) is 0 Å². The highest BCUT2D eigenvalue weighted by atomic mass is 32.2. The summed E-state index contributed by atoms with van der Waals surface area (Å²) >= 11 is 1.59. The highest BCUT2D eigenvalue weighted by molar-refractivity contribution is 8.00. The average molecular weight is 212 g/mol. The van der Waals surface area contributed by atoms with Gasteiger partial charge < -0.3 is 0 Å². The third kappa shape index (κ3) is 3.92. The first-order valence-corrected chi connectivity index (χ1v) is 5.37. The van der Waals surface area contributed by atoms with Crippen molar-refractivity contribution in [2.24, 2.45) is 0 Å². The Morgan fingerprint density at radius 3 is 2.50 bits per heavy atom. The monoisotopic (exact) mass is 212 g/mol. The van der Waals surface area contributed by atoms with Crippen LogP contribution in [0.4, 0.5) is 4.39 Å². The van der Waals surface area contributed by atoms with Crippen LogP contribution in [0, 0.1) is 5.82 Å². The number of carbonyl (C=O) groups is 1. The molecule has 1 unspecified atom stereocenters. The van der Waals surface area contributed by atoms with Crippen LogP contribution >= 0.6 is 11.8 Å². The molecule has 1 nitrogen and oxygen atoms in total. The molecule has 0 N–H and O–H groups in total. The zero-order chi connectivity index (χ0) is 10.6. The van der Waals surface area contributed by atoms with Gasteiger partial charge in [0, 0.05) is 16.6 Å². The fraction of sp³-hybridized carbons (Fsp3) is 0.364. The normalized spacial score (nSPS) is 12.5. The number of ketones is 1. The second-order valence-corrected chi connectivity index (χ2v) is 4.80. The Morgan fingerprint density at radius 1 is 1.43 bits per heavy atom. The van der Waals surface area contributed by atoms with E-state index in [1.165, 1.54) is 12.1 Å². The van der Waals surface area contributed by atoms with E-state index >= 15 is 0 Å². The summed E-state index contributed by atoms with van der Waals surface area (Å²) in [6.07, 6.45) is 0.558. The molecule has 1 rings (SSSR count). The van der Waals surface area contributed by atoms with E-state index < -0.39 is 0 Å². The van der Waals surface area contributed by atoms with Crippen molar-refractivity contribution < 1.29 is 9.18 Å². The van der Waals surface area contributed by atoms with Gasteiger partial charge in [-0.3, -0.25) is 4.79 Å². The molecule has 1 aromatic rings. The molecule has 0 radical (unpaired) electrons. The molecule has 76 valence electrons. The Labute approximate surface area is 87.7 Å². The lowest BCUT2D eigenvalue weighted by atomic mass is 10.2. The maximum absolute atomic E-state index is 12.6. The van der Waals surface area contributed by atoms with Gasteiger partial charge in [0.2, 0.25) is 0 Å². The molecule has 0 aliphatic heterocycles. The standard InChI is InChI=1S/C11H13FOS/c1-8(13)7-9(2)14-11-5-3-10(12)4-6-11/h3-6,9H,7H2,1-2H3. The van der Waals surface area contributed by atoms with Crippen molar-refractivity contribution >= 4 is 17.5 Å². The second kappa shape index (κ2) is 5.15. The quantitative estimate of drug-likeness (QED) is 0.712. The summed E-state index contributed by atoms with van der Waals surface area (Å²) in [5, 5.41) is 0.248. The van der Waals surface area contributed by atoms with Crippen LogP contribution in [0.2, 0.25) is 0 Å². The maximum Gasteiger partial charge on any atom is 0.130 e. The molecule has 0 saturated carbocycles. The minimum Gasteiger partial charge on any atom is -0.300 e. The van der Waals surface area contributed by atoms with Crippen LogP contribution in [0.15, 0.2) is 29.2 Å². The molecule has 0 saturated heterocycles. The van der Waals surface area contributed by atoms with E-state index in [1.807, 2.05) is 6.92 Å². The fourth-order valence-electron chi connectivity index (χ4n) is 1.19. The van der Waals surface area contributed by atoms with E-state index in [9.17, 15) is 9.18 Å². The van der Waals surface area contributed by atoms with Gasteiger partial charge in [-0.1, -0.05) is 6.92 Å². The average Bonchev–Trinajstić information content (AvgIpc) is 2.07. The highest BCUT2D eigenvalue weighted by Gasteiger charge is 2.06. The molecular formula is C11H13FOS. The van der Waals surface area contributed by atoms with Crippen molar-refractivity contribution in [3.05, 3.63) is 30.1 Å². The van der Waals surface area contributed by atoms with Crippen molar-refractivity contribution in [1.29, 1.82) is 0 Å². The lowest BCUT2D eigenvalue weighted by Gasteiger charge is -2.08. The third-order valence-electron chi connectivity index (χ3n) is 1.73. The zero-order valence-electron chi connectivity index (χ0n) is 8.29. The summed E-state index contributed by atoms with van der Waals surface area (Å²) in [6, 6.07) is 6.33. The lowest BCUT2D eigenvalue weighted by Crippen LogP contribution is -2.02. The number of rotatable bonds is 4. The van der Waals surface area contributed by atoms with Crippen LogP contribution in [0.1, 0.15) is 20.3 Å².